The monoisotopic (exact) mass is 440 g/mol. The molecule has 0 unspecified atom stereocenters. The van der Waals surface area contributed by atoms with Crippen molar-refractivity contribution < 1.29 is 33.0 Å². The molecular weight excluding hydrogens is 404 g/mol. The standard InChI is InChI=1S/C22H36O7Si/c1-21(2,3)30(7,8)27-11-13-9-10-14-17(16(13)19(23)25-6)20(24)28-18(14)15-12-26-22(4,5)29-15/h9-10,13-18H,11-12H2,1-8H3/t13-,14-,15+,16+,17+,18-/m0/s1. The molecule has 30 heavy (non-hydrogen) atoms. The zero-order valence-electron chi connectivity index (χ0n) is 19.4. The fourth-order valence-corrected chi connectivity index (χ4v) is 5.31. The van der Waals surface area contributed by atoms with E-state index in [1.807, 2.05) is 26.0 Å². The summed E-state index contributed by atoms with van der Waals surface area (Å²) in [6.07, 6.45) is 3.15. The van der Waals surface area contributed by atoms with E-state index in [2.05, 4.69) is 33.9 Å². The Morgan fingerprint density at radius 3 is 2.47 bits per heavy atom. The third-order valence-electron chi connectivity index (χ3n) is 7.06. The molecule has 0 saturated carbocycles. The number of hydrogen-bond acceptors (Lipinski definition) is 7. The lowest BCUT2D eigenvalue weighted by molar-refractivity contribution is -0.164. The molecule has 6 atom stereocenters. The van der Waals surface area contributed by atoms with Gasteiger partial charge in [0.15, 0.2) is 14.1 Å². The van der Waals surface area contributed by atoms with Gasteiger partial charge < -0.3 is 23.4 Å². The Morgan fingerprint density at radius 1 is 1.27 bits per heavy atom. The molecule has 1 aliphatic carbocycles. The first-order chi connectivity index (χ1) is 13.8. The minimum Gasteiger partial charge on any atom is -0.469 e. The van der Waals surface area contributed by atoms with Gasteiger partial charge in [-0.2, -0.15) is 0 Å². The smallest absolute Gasteiger partial charge is 0.310 e. The number of carbonyl (C=O) groups is 2. The van der Waals surface area contributed by atoms with Gasteiger partial charge in [-0.25, -0.2) is 0 Å². The van der Waals surface area contributed by atoms with Gasteiger partial charge in [-0.3, -0.25) is 9.59 Å². The van der Waals surface area contributed by atoms with Crippen LogP contribution in [0, 0.1) is 23.7 Å². The first-order valence-corrected chi connectivity index (χ1v) is 13.6. The van der Waals surface area contributed by atoms with Gasteiger partial charge in [-0.15, -0.1) is 0 Å². The number of fused-ring (bicyclic) bond motifs is 1. The molecule has 2 saturated heterocycles. The lowest BCUT2D eigenvalue weighted by Crippen LogP contribution is -2.46. The van der Waals surface area contributed by atoms with Crippen molar-refractivity contribution in [3.63, 3.8) is 0 Å². The predicted molar refractivity (Wildman–Crippen MR) is 113 cm³/mol. The second-order valence-corrected chi connectivity index (χ2v) is 15.4. The molecule has 0 bridgehead atoms. The van der Waals surface area contributed by atoms with Crippen molar-refractivity contribution >= 4 is 20.3 Å². The van der Waals surface area contributed by atoms with Crippen LogP contribution in [-0.4, -0.2) is 58.6 Å². The number of cyclic esters (lactones) is 1. The second kappa shape index (κ2) is 8.04. The largest absolute Gasteiger partial charge is 0.469 e. The quantitative estimate of drug-likeness (QED) is 0.369. The van der Waals surface area contributed by atoms with Crippen LogP contribution in [0.5, 0.6) is 0 Å². The van der Waals surface area contributed by atoms with E-state index in [-0.39, 0.29) is 28.9 Å². The number of methoxy groups -OCH3 is 1. The van der Waals surface area contributed by atoms with Crippen molar-refractivity contribution in [2.24, 2.45) is 23.7 Å². The summed E-state index contributed by atoms with van der Waals surface area (Å²) >= 11 is 0. The summed E-state index contributed by atoms with van der Waals surface area (Å²) in [5, 5.41) is 0.0542. The zero-order valence-corrected chi connectivity index (χ0v) is 20.4. The maximum absolute atomic E-state index is 12.9. The average Bonchev–Trinajstić information content (AvgIpc) is 3.17. The molecular formula is C22H36O7Si. The van der Waals surface area contributed by atoms with Crippen LogP contribution in [0.15, 0.2) is 12.2 Å². The van der Waals surface area contributed by atoms with Gasteiger partial charge in [-0.05, 0) is 32.0 Å². The van der Waals surface area contributed by atoms with Gasteiger partial charge in [0.25, 0.3) is 0 Å². The van der Waals surface area contributed by atoms with Crippen LogP contribution >= 0.6 is 0 Å². The Bertz CT molecular complexity index is 709. The van der Waals surface area contributed by atoms with Crippen LogP contribution in [-0.2, 0) is 33.0 Å². The van der Waals surface area contributed by atoms with Gasteiger partial charge in [0, 0.05) is 18.4 Å². The highest BCUT2D eigenvalue weighted by molar-refractivity contribution is 6.74. The summed E-state index contributed by atoms with van der Waals surface area (Å²) < 4.78 is 28.8. The van der Waals surface area contributed by atoms with Crippen molar-refractivity contribution in [3.05, 3.63) is 12.2 Å². The number of ether oxygens (including phenoxy) is 4. The third-order valence-corrected chi connectivity index (χ3v) is 11.6. The Morgan fingerprint density at radius 2 is 1.93 bits per heavy atom. The fraction of sp³-hybridized carbons (Fsp3) is 0.818. The Hall–Kier alpha value is -1.22. The first-order valence-electron chi connectivity index (χ1n) is 10.7. The molecule has 8 heteroatoms. The summed E-state index contributed by atoms with van der Waals surface area (Å²) in [5.74, 6) is -3.23. The van der Waals surface area contributed by atoms with E-state index in [1.54, 1.807) is 0 Å². The maximum Gasteiger partial charge on any atom is 0.310 e. The summed E-state index contributed by atoms with van der Waals surface area (Å²) in [7, 11) is -0.647. The molecule has 0 amide bonds. The van der Waals surface area contributed by atoms with E-state index in [0.29, 0.717) is 13.2 Å². The van der Waals surface area contributed by atoms with Crippen molar-refractivity contribution in [1.82, 2.24) is 0 Å². The normalized spacial score (nSPS) is 35.8. The molecule has 7 nitrogen and oxygen atoms in total. The fourth-order valence-electron chi connectivity index (χ4n) is 4.26. The van der Waals surface area contributed by atoms with Crippen LogP contribution in [0.4, 0.5) is 0 Å². The van der Waals surface area contributed by atoms with Crippen LogP contribution in [0.25, 0.3) is 0 Å². The molecule has 0 aromatic rings. The molecule has 0 N–H and O–H groups in total. The van der Waals surface area contributed by atoms with E-state index in [4.69, 9.17) is 23.4 Å². The minimum atomic E-state index is -2.00. The summed E-state index contributed by atoms with van der Waals surface area (Å²) in [6.45, 7) is 15.3. The summed E-state index contributed by atoms with van der Waals surface area (Å²) in [4.78, 5) is 25.6. The predicted octanol–water partition coefficient (Wildman–Crippen LogP) is 3.29. The zero-order chi connectivity index (χ0) is 22.5. The molecule has 0 aromatic carbocycles. The van der Waals surface area contributed by atoms with Gasteiger partial charge in [0.1, 0.15) is 12.2 Å². The summed E-state index contributed by atoms with van der Waals surface area (Å²) in [6, 6.07) is 0. The van der Waals surface area contributed by atoms with Crippen LogP contribution in [0.2, 0.25) is 18.1 Å². The molecule has 2 aliphatic heterocycles. The van der Waals surface area contributed by atoms with E-state index < -0.39 is 38.0 Å². The Labute approximate surface area is 180 Å². The van der Waals surface area contributed by atoms with Gasteiger partial charge in [-0.1, -0.05) is 32.9 Å². The average molecular weight is 441 g/mol. The molecule has 3 aliphatic rings. The van der Waals surface area contributed by atoms with Gasteiger partial charge >= 0.3 is 11.9 Å². The highest BCUT2D eigenvalue weighted by Gasteiger charge is 2.57. The molecule has 2 heterocycles. The number of carbonyl (C=O) groups excluding carboxylic acids is 2. The number of esters is 2. The number of rotatable bonds is 5. The van der Waals surface area contributed by atoms with E-state index in [0.717, 1.165) is 0 Å². The van der Waals surface area contributed by atoms with E-state index in [9.17, 15) is 9.59 Å². The van der Waals surface area contributed by atoms with Crippen LogP contribution < -0.4 is 0 Å². The topological polar surface area (TPSA) is 80.3 Å². The molecule has 0 spiro atoms. The third kappa shape index (κ3) is 4.37. The number of hydrogen-bond donors (Lipinski definition) is 0. The van der Waals surface area contributed by atoms with Crippen molar-refractivity contribution in [2.75, 3.05) is 20.3 Å². The van der Waals surface area contributed by atoms with Crippen LogP contribution in [0.3, 0.4) is 0 Å². The second-order valence-electron chi connectivity index (χ2n) is 10.5. The van der Waals surface area contributed by atoms with Crippen molar-refractivity contribution in [2.45, 2.75) is 70.7 Å². The van der Waals surface area contributed by atoms with E-state index in [1.165, 1.54) is 7.11 Å². The molecule has 0 aromatic heterocycles. The highest BCUT2D eigenvalue weighted by atomic mass is 28.4. The molecule has 2 fully saturated rings. The molecule has 3 rings (SSSR count). The summed E-state index contributed by atoms with van der Waals surface area (Å²) in [5.41, 5.74) is 0. The SMILES string of the molecule is COC(=O)[C@H]1[C@@H]2C(=O)O[C@H]([C@H]3COC(C)(C)O3)[C@H]2C=C[C@H]1CO[Si](C)(C)C(C)(C)C. The Kier molecular flexibility index (Phi) is 6.28. The van der Waals surface area contributed by atoms with Crippen LogP contribution in [0.1, 0.15) is 34.6 Å². The maximum atomic E-state index is 12.9. The minimum absolute atomic E-state index is 0.0542. The van der Waals surface area contributed by atoms with Crippen molar-refractivity contribution in [3.8, 4) is 0 Å². The lowest BCUT2D eigenvalue weighted by Gasteiger charge is -2.39. The van der Waals surface area contributed by atoms with Crippen molar-refractivity contribution in [1.29, 1.82) is 0 Å². The first kappa shape index (κ1) is 23.4. The van der Waals surface area contributed by atoms with E-state index >= 15 is 0 Å². The Balaban J connectivity index is 1.83. The van der Waals surface area contributed by atoms with Gasteiger partial charge in [0.05, 0.1) is 25.6 Å². The van der Waals surface area contributed by atoms with Gasteiger partial charge in [0.2, 0.25) is 0 Å². The highest BCUT2D eigenvalue weighted by Crippen LogP contribution is 2.46. The lowest BCUT2D eigenvalue weighted by atomic mass is 9.69. The molecule has 0 radical (unpaired) electrons. The molecule has 170 valence electrons.